The van der Waals surface area contributed by atoms with Gasteiger partial charge in [-0.25, -0.2) is 15.0 Å². The fourth-order valence-corrected chi connectivity index (χ4v) is 9.61. The Hall–Kier alpha value is -9.19. The molecule has 13 rings (SSSR count). The molecule has 3 aromatic heterocycles. The molecule has 0 aliphatic carbocycles. The molecular weight excluding hydrogens is 829 g/mol. The molecule has 0 N–H and O–H groups in total. The van der Waals surface area contributed by atoms with E-state index in [1.165, 1.54) is 22.1 Å². The fourth-order valence-electron chi connectivity index (χ4n) is 9.61. The Balaban J connectivity index is 0.905. The number of fused-ring (bicyclic) bond motifs is 6. The molecule has 0 amide bonds. The van der Waals surface area contributed by atoms with Crippen molar-refractivity contribution >= 4 is 43.7 Å². The topological polar surface area (TPSA) is 56.7 Å². The first-order valence-corrected chi connectivity index (χ1v) is 22.9. The Kier molecular flexibility index (Phi) is 9.43. The van der Waals surface area contributed by atoms with Crippen molar-refractivity contribution in [2.24, 2.45) is 0 Å². The highest BCUT2D eigenvalue weighted by Gasteiger charge is 2.19. The van der Waals surface area contributed by atoms with E-state index in [1.54, 1.807) is 0 Å². The van der Waals surface area contributed by atoms with Crippen molar-refractivity contribution in [2.45, 2.75) is 0 Å². The Labute approximate surface area is 392 Å². The lowest BCUT2D eigenvalue weighted by Crippen LogP contribution is -2.00. The number of furan rings is 1. The number of hydrogen-bond acceptors (Lipinski definition) is 4. The summed E-state index contributed by atoms with van der Waals surface area (Å²) in [5.74, 6) is 1.78. The van der Waals surface area contributed by atoms with Crippen LogP contribution in [0.4, 0.5) is 0 Å². The lowest BCUT2D eigenvalue weighted by molar-refractivity contribution is 0.669. The van der Waals surface area contributed by atoms with Gasteiger partial charge in [-0.2, -0.15) is 0 Å². The summed E-state index contributed by atoms with van der Waals surface area (Å²) in [6.07, 6.45) is 0. The van der Waals surface area contributed by atoms with E-state index in [0.29, 0.717) is 17.5 Å². The maximum Gasteiger partial charge on any atom is 0.164 e. The van der Waals surface area contributed by atoms with Crippen molar-refractivity contribution in [1.29, 1.82) is 0 Å². The van der Waals surface area contributed by atoms with Crippen molar-refractivity contribution in [3.63, 3.8) is 0 Å². The second-order valence-corrected chi connectivity index (χ2v) is 17.2. The van der Waals surface area contributed by atoms with Crippen LogP contribution in [0.15, 0.2) is 247 Å². The summed E-state index contributed by atoms with van der Waals surface area (Å²) in [7, 11) is 0. The van der Waals surface area contributed by atoms with Crippen molar-refractivity contribution in [3.8, 4) is 84.4 Å². The first-order chi connectivity index (χ1) is 33.7. The van der Waals surface area contributed by atoms with E-state index in [4.69, 9.17) is 19.4 Å². The van der Waals surface area contributed by atoms with Gasteiger partial charge in [0, 0.05) is 43.9 Å². The molecule has 5 nitrogen and oxygen atoms in total. The van der Waals surface area contributed by atoms with Crippen LogP contribution in [-0.2, 0) is 0 Å². The van der Waals surface area contributed by atoms with Gasteiger partial charge in [-0.05, 0) is 87.0 Å². The molecule has 10 aromatic carbocycles. The smallest absolute Gasteiger partial charge is 0.164 e. The van der Waals surface area contributed by atoms with E-state index < -0.39 is 0 Å². The van der Waals surface area contributed by atoms with Crippen molar-refractivity contribution < 1.29 is 4.42 Å². The fraction of sp³-hybridized carbons (Fsp3) is 0. The van der Waals surface area contributed by atoms with Crippen LogP contribution in [0.5, 0.6) is 0 Å². The normalized spacial score (nSPS) is 11.5. The minimum absolute atomic E-state index is 0.573. The summed E-state index contributed by atoms with van der Waals surface area (Å²) in [6, 6.07) is 85.3. The Bertz CT molecular complexity index is 3870. The lowest BCUT2D eigenvalue weighted by Gasteiger charge is -2.11. The minimum Gasteiger partial charge on any atom is -0.456 e. The monoisotopic (exact) mass is 868 g/mol. The molecule has 0 atom stereocenters. The Morgan fingerprint density at radius 2 is 0.676 bits per heavy atom. The molecule has 13 aromatic rings. The van der Waals surface area contributed by atoms with E-state index >= 15 is 0 Å². The summed E-state index contributed by atoms with van der Waals surface area (Å²) in [5, 5.41) is 4.37. The van der Waals surface area contributed by atoms with Crippen LogP contribution in [0.25, 0.3) is 128 Å². The van der Waals surface area contributed by atoms with Gasteiger partial charge in [0.25, 0.3) is 0 Å². The molecule has 0 unspecified atom stereocenters. The molecule has 68 heavy (non-hydrogen) atoms. The highest BCUT2D eigenvalue weighted by Crippen LogP contribution is 2.40. The molecule has 0 saturated heterocycles. The van der Waals surface area contributed by atoms with Crippen molar-refractivity contribution in [2.75, 3.05) is 0 Å². The second kappa shape index (κ2) is 16.4. The van der Waals surface area contributed by atoms with Gasteiger partial charge in [0.15, 0.2) is 17.5 Å². The number of rotatable bonds is 8. The first kappa shape index (κ1) is 39.2. The molecule has 5 heteroatoms. The van der Waals surface area contributed by atoms with Gasteiger partial charge in [-0.15, -0.1) is 0 Å². The molecule has 0 saturated carbocycles. The van der Waals surface area contributed by atoms with Gasteiger partial charge in [0.2, 0.25) is 0 Å². The summed E-state index contributed by atoms with van der Waals surface area (Å²) >= 11 is 0. The Morgan fingerprint density at radius 3 is 1.24 bits per heavy atom. The number of hydrogen-bond donors (Lipinski definition) is 0. The summed E-state index contributed by atoms with van der Waals surface area (Å²) in [6.45, 7) is 0. The third-order valence-corrected chi connectivity index (χ3v) is 13.1. The first-order valence-electron chi connectivity index (χ1n) is 22.9. The average molecular weight is 869 g/mol. The van der Waals surface area contributed by atoms with Crippen LogP contribution in [0, 0.1) is 0 Å². The van der Waals surface area contributed by atoms with Gasteiger partial charge in [0.1, 0.15) is 11.2 Å². The quantitative estimate of drug-likeness (QED) is 0.153. The summed E-state index contributed by atoms with van der Waals surface area (Å²) < 4.78 is 9.15. The molecular formula is C63H40N4O. The van der Waals surface area contributed by atoms with Gasteiger partial charge in [-0.3, -0.25) is 0 Å². The SMILES string of the molecule is c1ccc(-c2ccc(-c3cccc(-n4c5ccccc5c5cc6oc7cc(-c8nc(-c9ccc(-c%10ccccc%10)cc9)nc(-c9ccc(-c%10ccccc%10)cc9)n8)ccc7c6cc54)c3)cc2)cc1. The number of nitrogens with zero attached hydrogens (tertiary/aromatic N) is 4. The lowest BCUT2D eigenvalue weighted by atomic mass is 10.00. The zero-order valence-corrected chi connectivity index (χ0v) is 36.8. The number of benzene rings is 10. The van der Waals surface area contributed by atoms with E-state index in [1.807, 2.05) is 12.1 Å². The van der Waals surface area contributed by atoms with Gasteiger partial charge in [0.05, 0.1) is 11.0 Å². The van der Waals surface area contributed by atoms with Crippen LogP contribution in [-0.4, -0.2) is 19.5 Å². The highest BCUT2D eigenvalue weighted by molar-refractivity contribution is 6.17. The zero-order chi connectivity index (χ0) is 45.0. The largest absolute Gasteiger partial charge is 0.456 e. The molecule has 0 spiro atoms. The standard InChI is InChI=1S/C63H40N4O/c1-4-13-41(14-5-1)44-23-25-47(26-24-44)50-19-12-20-52(37-50)67-57-22-11-10-21-53(57)55-40-60-56(39-58(55)67)54-36-35-51(38-59(54)68-60)63-65-61(48-31-27-45(28-32-48)42-15-6-2-7-16-42)64-62(66-63)49-33-29-46(30-34-49)43-17-8-3-9-18-43/h1-40H. The van der Waals surface area contributed by atoms with E-state index in [2.05, 4.69) is 235 Å². The summed E-state index contributed by atoms with van der Waals surface area (Å²) in [5.41, 5.74) is 16.9. The highest BCUT2D eigenvalue weighted by atomic mass is 16.3. The second-order valence-electron chi connectivity index (χ2n) is 17.2. The molecule has 0 radical (unpaired) electrons. The third kappa shape index (κ3) is 7.02. The van der Waals surface area contributed by atoms with Gasteiger partial charge < -0.3 is 8.98 Å². The predicted octanol–water partition coefficient (Wildman–Crippen LogP) is 16.5. The molecule has 0 fully saturated rings. The molecule has 318 valence electrons. The van der Waals surface area contributed by atoms with E-state index in [9.17, 15) is 0 Å². The zero-order valence-electron chi connectivity index (χ0n) is 36.8. The van der Waals surface area contributed by atoms with Crippen LogP contribution >= 0.6 is 0 Å². The molecule has 3 heterocycles. The molecule has 0 aliphatic rings. The minimum atomic E-state index is 0.573. The summed E-state index contributed by atoms with van der Waals surface area (Å²) in [4.78, 5) is 15.3. The van der Waals surface area contributed by atoms with Crippen LogP contribution in [0.2, 0.25) is 0 Å². The maximum absolute atomic E-state index is 6.76. The maximum atomic E-state index is 6.76. The van der Waals surface area contributed by atoms with Crippen LogP contribution < -0.4 is 0 Å². The van der Waals surface area contributed by atoms with Gasteiger partial charge in [-0.1, -0.05) is 200 Å². The van der Waals surface area contributed by atoms with E-state index in [-0.39, 0.29) is 0 Å². The van der Waals surface area contributed by atoms with Crippen LogP contribution in [0.3, 0.4) is 0 Å². The predicted molar refractivity (Wildman–Crippen MR) is 279 cm³/mol. The third-order valence-electron chi connectivity index (χ3n) is 13.1. The van der Waals surface area contributed by atoms with Crippen molar-refractivity contribution in [1.82, 2.24) is 19.5 Å². The number of para-hydroxylation sites is 1. The Morgan fingerprint density at radius 1 is 0.250 bits per heavy atom. The number of aromatic nitrogens is 4. The average Bonchev–Trinajstić information content (AvgIpc) is 3.95. The van der Waals surface area contributed by atoms with E-state index in [0.717, 1.165) is 88.6 Å². The van der Waals surface area contributed by atoms with Crippen molar-refractivity contribution in [3.05, 3.63) is 243 Å². The molecule has 0 bridgehead atoms. The molecule has 0 aliphatic heterocycles. The van der Waals surface area contributed by atoms with Crippen LogP contribution in [0.1, 0.15) is 0 Å². The van der Waals surface area contributed by atoms with Gasteiger partial charge >= 0.3 is 0 Å².